The van der Waals surface area contributed by atoms with E-state index in [1.807, 2.05) is 13.2 Å². The second kappa shape index (κ2) is 5.59. The van der Waals surface area contributed by atoms with E-state index < -0.39 is 0 Å². The third-order valence-electron chi connectivity index (χ3n) is 4.17. The molecule has 1 fully saturated rings. The van der Waals surface area contributed by atoms with Crippen LogP contribution in [-0.2, 0) is 13.6 Å². The van der Waals surface area contributed by atoms with Gasteiger partial charge in [0, 0.05) is 44.5 Å². The summed E-state index contributed by atoms with van der Waals surface area (Å²) >= 11 is 0. The molecule has 2 unspecified atom stereocenters. The van der Waals surface area contributed by atoms with Gasteiger partial charge in [0.25, 0.3) is 0 Å². The van der Waals surface area contributed by atoms with E-state index in [2.05, 4.69) is 48.2 Å². The van der Waals surface area contributed by atoms with Gasteiger partial charge in [-0.3, -0.25) is 9.58 Å². The first-order valence-corrected chi connectivity index (χ1v) is 7.25. The summed E-state index contributed by atoms with van der Waals surface area (Å²) in [6, 6.07) is 0.583. The van der Waals surface area contributed by atoms with Gasteiger partial charge in [-0.1, -0.05) is 25.5 Å². The van der Waals surface area contributed by atoms with Gasteiger partial charge < -0.3 is 5.32 Å². The summed E-state index contributed by atoms with van der Waals surface area (Å²) < 4.78 is 1.78. The first-order chi connectivity index (χ1) is 8.91. The number of aromatic nitrogens is 3. The number of nitrogens with one attached hydrogen (secondary N) is 1. The van der Waals surface area contributed by atoms with Crippen LogP contribution in [0.15, 0.2) is 6.20 Å². The molecule has 1 N–H and O–H groups in total. The van der Waals surface area contributed by atoms with Gasteiger partial charge in [-0.05, 0) is 19.8 Å². The molecule has 0 spiro atoms. The molecule has 1 aliphatic heterocycles. The Morgan fingerprint density at radius 3 is 2.84 bits per heavy atom. The average Bonchev–Trinajstić information content (AvgIpc) is 2.73. The van der Waals surface area contributed by atoms with E-state index in [-0.39, 0.29) is 5.54 Å². The molecule has 5 heteroatoms. The summed E-state index contributed by atoms with van der Waals surface area (Å²) in [5.74, 6) is 0.695. The summed E-state index contributed by atoms with van der Waals surface area (Å²) in [4.78, 5) is 2.56. The second-order valence-electron chi connectivity index (χ2n) is 6.51. The summed E-state index contributed by atoms with van der Waals surface area (Å²) in [6.45, 7) is 12.2. The topological polar surface area (TPSA) is 46.0 Å². The molecular weight excluding hydrogens is 238 g/mol. The number of aryl methyl sites for hydroxylation is 1. The minimum absolute atomic E-state index is 0.173. The smallest absolute Gasteiger partial charge is 0.0967 e. The maximum atomic E-state index is 4.23. The van der Waals surface area contributed by atoms with Crippen LogP contribution >= 0.6 is 0 Å². The van der Waals surface area contributed by atoms with Crippen molar-refractivity contribution < 1.29 is 0 Å². The Balaban J connectivity index is 2.11. The van der Waals surface area contributed by atoms with Crippen molar-refractivity contribution in [3.05, 3.63) is 11.9 Å². The highest BCUT2D eigenvalue weighted by Crippen LogP contribution is 2.23. The Bertz CT molecular complexity index is 412. The van der Waals surface area contributed by atoms with E-state index >= 15 is 0 Å². The molecule has 0 saturated carbocycles. The number of hydrogen-bond acceptors (Lipinski definition) is 4. The van der Waals surface area contributed by atoms with Gasteiger partial charge in [0.2, 0.25) is 0 Å². The average molecular weight is 265 g/mol. The number of rotatable bonds is 4. The molecule has 1 aliphatic rings. The quantitative estimate of drug-likeness (QED) is 0.894. The van der Waals surface area contributed by atoms with Gasteiger partial charge in [0.05, 0.1) is 5.69 Å². The molecule has 1 aromatic heterocycles. The van der Waals surface area contributed by atoms with Gasteiger partial charge in [0.1, 0.15) is 0 Å². The van der Waals surface area contributed by atoms with Crippen LogP contribution in [0.25, 0.3) is 0 Å². The Kier molecular flexibility index (Phi) is 4.26. The fourth-order valence-electron chi connectivity index (χ4n) is 2.87. The van der Waals surface area contributed by atoms with Crippen LogP contribution in [-0.4, -0.2) is 44.6 Å². The molecule has 0 radical (unpaired) electrons. The van der Waals surface area contributed by atoms with Crippen molar-refractivity contribution in [2.45, 2.75) is 52.2 Å². The molecule has 0 aliphatic carbocycles. The number of piperazine rings is 1. The lowest BCUT2D eigenvalue weighted by molar-refractivity contribution is 0.0561. The Morgan fingerprint density at radius 2 is 2.26 bits per heavy atom. The molecule has 1 aromatic rings. The Morgan fingerprint density at radius 1 is 1.53 bits per heavy atom. The third kappa shape index (κ3) is 3.54. The van der Waals surface area contributed by atoms with E-state index in [1.165, 1.54) is 6.42 Å². The number of nitrogens with zero attached hydrogens (tertiary/aromatic N) is 4. The fourth-order valence-corrected chi connectivity index (χ4v) is 2.87. The van der Waals surface area contributed by atoms with Crippen molar-refractivity contribution in [3.63, 3.8) is 0 Å². The van der Waals surface area contributed by atoms with Gasteiger partial charge in [-0.15, -0.1) is 5.10 Å². The van der Waals surface area contributed by atoms with Crippen molar-refractivity contribution in [1.82, 2.24) is 25.2 Å². The molecule has 2 rings (SSSR count). The molecule has 2 atom stereocenters. The zero-order valence-corrected chi connectivity index (χ0v) is 12.8. The van der Waals surface area contributed by atoms with E-state index in [4.69, 9.17) is 0 Å². The zero-order chi connectivity index (χ0) is 14.0. The molecule has 19 heavy (non-hydrogen) atoms. The zero-order valence-electron chi connectivity index (χ0n) is 12.8. The highest BCUT2D eigenvalue weighted by atomic mass is 15.4. The van der Waals surface area contributed by atoms with Crippen LogP contribution in [0.2, 0.25) is 0 Å². The van der Waals surface area contributed by atoms with E-state index in [1.54, 1.807) is 4.68 Å². The Hall–Kier alpha value is -0.940. The number of hydrogen-bond donors (Lipinski definition) is 1. The summed E-state index contributed by atoms with van der Waals surface area (Å²) in [7, 11) is 1.92. The highest BCUT2D eigenvalue weighted by molar-refractivity contribution is 4.99. The fraction of sp³-hybridized carbons (Fsp3) is 0.857. The van der Waals surface area contributed by atoms with Crippen molar-refractivity contribution in [2.75, 3.05) is 13.1 Å². The monoisotopic (exact) mass is 265 g/mol. The summed E-state index contributed by atoms with van der Waals surface area (Å²) in [5, 5.41) is 11.9. The molecule has 0 bridgehead atoms. The first-order valence-electron chi connectivity index (χ1n) is 7.25. The van der Waals surface area contributed by atoms with E-state index in [9.17, 15) is 0 Å². The minimum atomic E-state index is 0.173. The van der Waals surface area contributed by atoms with Crippen LogP contribution in [0, 0.1) is 5.92 Å². The van der Waals surface area contributed by atoms with Crippen molar-refractivity contribution in [2.24, 2.45) is 13.0 Å². The van der Waals surface area contributed by atoms with Crippen molar-refractivity contribution >= 4 is 0 Å². The maximum Gasteiger partial charge on any atom is 0.0967 e. The summed E-state index contributed by atoms with van der Waals surface area (Å²) in [6.07, 6.45) is 3.23. The SMILES string of the molecule is CCC(C)C1CNC(C)(C)CN1Cc1cn(C)nn1. The van der Waals surface area contributed by atoms with Crippen molar-refractivity contribution in [3.8, 4) is 0 Å². The highest BCUT2D eigenvalue weighted by Gasteiger charge is 2.34. The molecule has 1 saturated heterocycles. The molecule has 2 heterocycles. The molecular formula is C14H27N5. The van der Waals surface area contributed by atoms with Crippen LogP contribution in [0.1, 0.15) is 39.8 Å². The first kappa shape index (κ1) is 14.5. The van der Waals surface area contributed by atoms with E-state index in [0.29, 0.717) is 12.0 Å². The summed E-state index contributed by atoms with van der Waals surface area (Å²) in [5.41, 5.74) is 1.24. The molecule has 0 amide bonds. The van der Waals surface area contributed by atoms with Gasteiger partial charge in [-0.2, -0.15) is 0 Å². The van der Waals surface area contributed by atoms with E-state index in [0.717, 1.165) is 25.3 Å². The van der Waals surface area contributed by atoms with Gasteiger partial charge in [-0.25, -0.2) is 0 Å². The third-order valence-corrected chi connectivity index (χ3v) is 4.17. The lowest BCUT2D eigenvalue weighted by atomic mass is 9.90. The normalized spacial score (nSPS) is 25.4. The minimum Gasteiger partial charge on any atom is -0.309 e. The largest absolute Gasteiger partial charge is 0.309 e. The predicted molar refractivity (Wildman–Crippen MR) is 76.7 cm³/mol. The predicted octanol–water partition coefficient (Wildman–Crippen LogP) is 1.41. The maximum absolute atomic E-state index is 4.23. The van der Waals surface area contributed by atoms with Crippen LogP contribution < -0.4 is 5.32 Å². The second-order valence-corrected chi connectivity index (χ2v) is 6.51. The standard InChI is InChI=1S/C14H27N5/c1-6-11(2)13-7-15-14(3,4)10-19(13)9-12-8-18(5)17-16-12/h8,11,13,15H,6-7,9-10H2,1-5H3. The van der Waals surface area contributed by atoms with Gasteiger partial charge >= 0.3 is 0 Å². The molecule has 0 aromatic carbocycles. The van der Waals surface area contributed by atoms with Gasteiger partial charge in [0.15, 0.2) is 0 Å². The lowest BCUT2D eigenvalue weighted by Gasteiger charge is -2.46. The lowest BCUT2D eigenvalue weighted by Crippen LogP contribution is -2.62. The van der Waals surface area contributed by atoms with Crippen LogP contribution in [0.5, 0.6) is 0 Å². The van der Waals surface area contributed by atoms with Crippen molar-refractivity contribution in [1.29, 1.82) is 0 Å². The Labute approximate surface area is 116 Å². The van der Waals surface area contributed by atoms with Crippen LogP contribution in [0.3, 0.4) is 0 Å². The molecule has 5 nitrogen and oxygen atoms in total. The molecule has 108 valence electrons. The van der Waals surface area contributed by atoms with Crippen LogP contribution in [0.4, 0.5) is 0 Å².